The fraction of sp³-hybridized carbons (Fsp3) is 0.529. The molecule has 0 atom stereocenters. The summed E-state index contributed by atoms with van der Waals surface area (Å²) >= 11 is 0. The molecule has 1 amide bonds. The summed E-state index contributed by atoms with van der Waals surface area (Å²) in [6.45, 7) is 2.04. The van der Waals surface area contributed by atoms with Crippen molar-refractivity contribution < 1.29 is 19.4 Å². The fourth-order valence-electron chi connectivity index (χ4n) is 2.83. The zero-order chi connectivity index (χ0) is 15.9. The molecule has 1 saturated carbocycles. The molecule has 5 heteroatoms. The van der Waals surface area contributed by atoms with Gasteiger partial charge in [0.2, 0.25) is 0 Å². The lowest BCUT2D eigenvalue weighted by atomic mass is 9.86. The largest absolute Gasteiger partial charge is 0.483 e. The molecule has 0 saturated heterocycles. The minimum absolute atomic E-state index is 0.00409. The SMILES string of the molecule is CCc1ccccc1OCC(=O)NC1CCC(C(=O)O)CC1. The first-order chi connectivity index (χ1) is 10.6. The van der Waals surface area contributed by atoms with Crippen molar-refractivity contribution in [1.82, 2.24) is 5.32 Å². The van der Waals surface area contributed by atoms with Crippen molar-refractivity contribution in [2.45, 2.75) is 45.1 Å². The summed E-state index contributed by atoms with van der Waals surface area (Å²) in [5, 5.41) is 11.9. The number of carbonyl (C=O) groups is 2. The van der Waals surface area contributed by atoms with E-state index in [1.807, 2.05) is 31.2 Å². The number of nitrogens with one attached hydrogen (secondary N) is 1. The van der Waals surface area contributed by atoms with E-state index >= 15 is 0 Å². The van der Waals surface area contributed by atoms with Crippen LogP contribution in [0.1, 0.15) is 38.2 Å². The second-order valence-corrected chi connectivity index (χ2v) is 5.70. The summed E-state index contributed by atoms with van der Waals surface area (Å²) in [6.07, 6.45) is 3.54. The first-order valence-electron chi connectivity index (χ1n) is 7.83. The molecule has 0 radical (unpaired) electrons. The van der Waals surface area contributed by atoms with Gasteiger partial charge in [-0.3, -0.25) is 9.59 Å². The summed E-state index contributed by atoms with van der Waals surface area (Å²) in [6, 6.07) is 7.75. The highest BCUT2D eigenvalue weighted by atomic mass is 16.5. The molecular weight excluding hydrogens is 282 g/mol. The van der Waals surface area contributed by atoms with Gasteiger partial charge in [-0.1, -0.05) is 25.1 Å². The zero-order valence-corrected chi connectivity index (χ0v) is 12.9. The average Bonchev–Trinajstić information content (AvgIpc) is 2.53. The number of aliphatic carboxylic acids is 1. The lowest BCUT2D eigenvalue weighted by Gasteiger charge is -2.26. The van der Waals surface area contributed by atoms with Crippen molar-refractivity contribution in [1.29, 1.82) is 0 Å². The number of hydrogen-bond donors (Lipinski definition) is 2. The maximum absolute atomic E-state index is 11.9. The maximum Gasteiger partial charge on any atom is 0.306 e. The van der Waals surface area contributed by atoms with Crippen LogP contribution < -0.4 is 10.1 Å². The molecule has 0 unspecified atom stereocenters. The molecule has 1 aromatic rings. The van der Waals surface area contributed by atoms with Gasteiger partial charge < -0.3 is 15.2 Å². The Bertz CT molecular complexity index is 521. The Balaban J connectivity index is 1.76. The minimum atomic E-state index is -0.732. The summed E-state index contributed by atoms with van der Waals surface area (Å²) in [5.41, 5.74) is 1.08. The van der Waals surface area contributed by atoms with Gasteiger partial charge in [0, 0.05) is 6.04 Å². The zero-order valence-electron chi connectivity index (χ0n) is 12.9. The molecule has 1 fully saturated rings. The number of rotatable bonds is 6. The fourth-order valence-corrected chi connectivity index (χ4v) is 2.83. The topological polar surface area (TPSA) is 75.6 Å². The molecule has 0 bridgehead atoms. The van der Waals surface area contributed by atoms with Crippen LogP contribution in [0.2, 0.25) is 0 Å². The number of para-hydroxylation sites is 1. The van der Waals surface area contributed by atoms with Gasteiger partial charge in [-0.05, 0) is 43.7 Å². The summed E-state index contributed by atoms with van der Waals surface area (Å²) in [5.74, 6) is -0.399. The summed E-state index contributed by atoms with van der Waals surface area (Å²) in [7, 11) is 0. The molecule has 0 aliphatic heterocycles. The van der Waals surface area contributed by atoms with Crippen LogP contribution in [0.25, 0.3) is 0 Å². The Morgan fingerprint density at radius 1 is 1.23 bits per heavy atom. The average molecular weight is 305 g/mol. The lowest BCUT2D eigenvalue weighted by molar-refractivity contribution is -0.142. The number of aryl methyl sites for hydroxylation is 1. The molecule has 2 rings (SSSR count). The van der Waals surface area contributed by atoms with E-state index in [0.29, 0.717) is 25.7 Å². The molecule has 1 aliphatic carbocycles. The number of carboxylic acids is 1. The van der Waals surface area contributed by atoms with Crippen LogP contribution in [0, 0.1) is 5.92 Å². The van der Waals surface area contributed by atoms with Crippen LogP contribution in [0.15, 0.2) is 24.3 Å². The monoisotopic (exact) mass is 305 g/mol. The molecule has 2 N–H and O–H groups in total. The van der Waals surface area contributed by atoms with Crippen LogP contribution in [-0.4, -0.2) is 29.6 Å². The van der Waals surface area contributed by atoms with E-state index in [9.17, 15) is 9.59 Å². The number of hydrogen-bond acceptors (Lipinski definition) is 3. The third kappa shape index (κ3) is 4.48. The Kier molecular flexibility index (Phi) is 5.81. The summed E-state index contributed by atoms with van der Waals surface area (Å²) in [4.78, 5) is 22.8. The van der Waals surface area contributed by atoms with Crippen LogP contribution >= 0.6 is 0 Å². The minimum Gasteiger partial charge on any atom is -0.483 e. The highest BCUT2D eigenvalue weighted by Crippen LogP contribution is 2.24. The number of amides is 1. The van der Waals surface area contributed by atoms with Gasteiger partial charge >= 0.3 is 5.97 Å². The van der Waals surface area contributed by atoms with Crippen LogP contribution in [0.3, 0.4) is 0 Å². The highest BCUT2D eigenvalue weighted by Gasteiger charge is 2.26. The van der Waals surface area contributed by atoms with Crippen LogP contribution in [0.5, 0.6) is 5.75 Å². The second-order valence-electron chi connectivity index (χ2n) is 5.70. The van der Waals surface area contributed by atoms with Crippen molar-refractivity contribution in [3.05, 3.63) is 29.8 Å². The normalized spacial score (nSPS) is 21.1. The van der Waals surface area contributed by atoms with Gasteiger partial charge in [-0.15, -0.1) is 0 Å². The van der Waals surface area contributed by atoms with Gasteiger partial charge in [-0.2, -0.15) is 0 Å². The van der Waals surface area contributed by atoms with Crippen molar-refractivity contribution in [2.75, 3.05) is 6.61 Å². The second kappa shape index (κ2) is 7.82. The quantitative estimate of drug-likeness (QED) is 0.846. The third-order valence-corrected chi connectivity index (χ3v) is 4.15. The maximum atomic E-state index is 11.9. The molecule has 22 heavy (non-hydrogen) atoms. The molecule has 0 heterocycles. The Hall–Kier alpha value is -2.04. The van der Waals surface area contributed by atoms with Crippen LogP contribution in [-0.2, 0) is 16.0 Å². The number of ether oxygens (including phenoxy) is 1. The van der Waals surface area contributed by atoms with E-state index in [1.54, 1.807) is 0 Å². The molecule has 0 spiro atoms. The molecule has 1 aromatic carbocycles. The molecule has 5 nitrogen and oxygen atoms in total. The smallest absolute Gasteiger partial charge is 0.306 e. The molecule has 120 valence electrons. The Morgan fingerprint density at radius 3 is 2.55 bits per heavy atom. The van der Waals surface area contributed by atoms with Gasteiger partial charge in [0.1, 0.15) is 5.75 Å². The Labute approximate surface area is 130 Å². The van der Waals surface area contributed by atoms with E-state index in [4.69, 9.17) is 9.84 Å². The first kappa shape index (κ1) is 16.3. The van der Waals surface area contributed by atoms with Gasteiger partial charge in [0.25, 0.3) is 5.91 Å². The van der Waals surface area contributed by atoms with Crippen molar-refractivity contribution in [3.63, 3.8) is 0 Å². The number of carbonyl (C=O) groups excluding carboxylic acids is 1. The van der Waals surface area contributed by atoms with E-state index < -0.39 is 5.97 Å². The predicted molar refractivity (Wildman–Crippen MR) is 82.8 cm³/mol. The van der Waals surface area contributed by atoms with Gasteiger partial charge in [0.05, 0.1) is 5.92 Å². The van der Waals surface area contributed by atoms with Gasteiger partial charge in [0.15, 0.2) is 6.61 Å². The first-order valence-corrected chi connectivity index (χ1v) is 7.83. The highest BCUT2D eigenvalue weighted by molar-refractivity contribution is 5.78. The predicted octanol–water partition coefficient (Wildman–Crippen LogP) is 2.39. The number of carboxylic acid groups (broad SMARTS) is 1. The standard InChI is InChI=1S/C17H23NO4/c1-2-12-5-3-4-6-15(12)22-11-16(19)18-14-9-7-13(8-10-14)17(20)21/h3-6,13-14H,2,7-11H2,1H3,(H,18,19)(H,20,21). The van der Waals surface area contributed by atoms with Gasteiger partial charge in [-0.25, -0.2) is 0 Å². The summed E-state index contributed by atoms with van der Waals surface area (Å²) < 4.78 is 5.58. The van der Waals surface area contributed by atoms with Crippen LogP contribution in [0.4, 0.5) is 0 Å². The van der Waals surface area contributed by atoms with E-state index in [2.05, 4.69) is 5.32 Å². The third-order valence-electron chi connectivity index (χ3n) is 4.15. The number of benzene rings is 1. The van der Waals surface area contributed by atoms with E-state index in [0.717, 1.165) is 17.7 Å². The van der Waals surface area contributed by atoms with Crippen molar-refractivity contribution in [3.8, 4) is 5.75 Å². The van der Waals surface area contributed by atoms with Crippen molar-refractivity contribution in [2.24, 2.45) is 5.92 Å². The Morgan fingerprint density at radius 2 is 1.91 bits per heavy atom. The molecule has 0 aromatic heterocycles. The molecule has 1 aliphatic rings. The lowest BCUT2D eigenvalue weighted by Crippen LogP contribution is -2.40. The molecular formula is C17H23NO4. The van der Waals surface area contributed by atoms with E-state index in [1.165, 1.54) is 0 Å². The van der Waals surface area contributed by atoms with E-state index in [-0.39, 0.29) is 24.5 Å². The van der Waals surface area contributed by atoms with Crippen molar-refractivity contribution >= 4 is 11.9 Å².